The van der Waals surface area contributed by atoms with Crippen molar-refractivity contribution in [2.75, 3.05) is 0 Å². The van der Waals surface area contributed by atoms with Crippen LogP contribution in [0.15, 0.2) is 12.1 Å². The lowest BCUT2D eigenvalue weighted by Crippen LogP contribution is -2.17. The lowest BCUT2D eigenvalue weighted by atomic mass is 10.1. The number of hydrogen-bond donors (Lipinski definition) is 1. The zero-order chi connectivity index (χ0) is 13.0. The summed E-state index contributed by atoms with van der Waals surface area (Å²) in [5.41, 5.74) is 5.81. The fourth-order valence-electron chi connectivity index (χ4n) is 2.37. The van der Waals surface area contributed by atoms with Crippen LogP contribution in [0.3, 0.4) is 0 Å². The van der Waals surface area contributed by atoms with Gasteiger partial charge in [0.15, 0.2) is 17.4 Å². The molecule has 2 rings (SSSR count). The molecule has 0 amide bonds. The first-order valence-corrected chi connectivity index (χ1v) is 6.55. The van der Waals surface area contributed by atoms with Crippen LogP contribution in [0.25, 0.3) is 0 Å². The van der Waals surface area contributed by atoms with Crippen LogP contribution >= 0.6 is 0 Å². The average Bonchev–Trinajstić information content (AvgIpc) is 2.62. The van der Waals surface area contributed by atoms with Crippen molar-refractivity contribution >= 4 is 0 Å². The van der Waals surface area contributed by atoms with E-state index in [0.717, 1.165) is 25.7 Å². The minimum atomic E-state index is -0.653. The van der Waals surface area contributed by atoms with E-state index in [1.807, 2.05) is 0 Å². The smallest absolute Gasteiger partial charge is 0.191 e. The molecular weight excluding hydrogens is 236 g/mol. The normalized spacial score (nSPS) is 17.5. The van der Waals surface area contributed by atoms with E-state index in [1.165, 1.54) is 25.0 Å². The van der Waals surface area contributed by atoms with Crippen molar-refractivity contribution in [3.05, 3.63) is 29.3 Å². The molecule has 1 fully saturated rings. The molecule has 0 atom stereocenters. The van der Waals surface area contributed by atoms with Gasteiger partial charge in [0.2, 0.25) is 0 Å². The molecule has 2 nitrogen and oxygen atoms in total. The minimum absolute atomic E-state index is 0.0692. The summed E-state index contributed by atoms with van der Waals surface area (Å²) < 4.78 is 33.0. The minimum Gasteiger partial charge on any atom is -0.484 e. The Labute approximate surface area is 106 Å². The van der Waals surface area contributed by atoms with Crippen molar-refractivity contribution in [2.45, 2.75) is 51.2 Å². The van der Waals surface area contributed by atoms with Crippen LogP contribution in [-0.4, -0.2) is 6.10 Å². The standard InChI is InChI=1S/C14H19F2NO/c15-12-7-10(9-17)8-13(16)14(12)18-11-5-3-1-2-4-6-11/h7-8,11H,1-6,9,17H2. The summed E-state index contributed by atoms with van der Waals surface area (Å²) in [6, 6.07) is 2.49. The first-order valence-electron chi connectivity index (χ1n) is 6.55. The van der Waals surface area contributed by atoms with Gasteiger partial charge in [-0.15, -0.1) is 0 Å². The van der Waals surface area contributed by atoms with Crippen molar-refractivity contribution in [1.82, 2.24) is 0 Å². The van der Waals surface area contributed by atoms with Crippen LogP contribution in [0.4, 0.5) is 8.78 Å². The molecule has 0 aliphatic heterocycles. The highest BCUT2D eigenvalue weighted by Crippen LogP contribution is 2.28. The maximum Gasteiger partial charge on any atom is 0.191 e. The van der Waals surface area contributed by atoms with E-state index in [2.05, 4.69) is 0 Å². The van der Waals surface area contributed by atoms with Crippen LogP contribution in [0.5, 0.6) is 5.75 Å². The number of hydrogen-bond acceptors (Lipinski definition) is 2. The second-order valence-electron chi connectivity index (χ2n) is 4.82. The molecule has 0 saturated heterocycles. The predicted molar refractivity (Wildman–Crippen MR) is 66.4 cm³/mol. The SMILES string of the molecule is NCc1cc(F)c(OC2CCCCCC2)c(F)c1. The van der Waals surface area contributed by atoms with Gasteiger partial charge in [-0.25, -0.2) is 8.78 Å². The molecule has 0 heterocycles. The van der Waals surface area contributed by atoms with Crippen molar-refractivity contribution in [3.63, 3.8) is 0 Å². The Balaban J connectivity index is 2.12. The summed E-state index contributed by atoms with van der Waals surface area (Å²) in [5.74, 6) is -1.56. The van der Waals surface area contributed by atoms with E-state index in [9.17, 15) is 8.78 Å². The molecule has 2 N–H and O–H groups in total. The van der Waals surface area contributed by atoms with Gasteiger partial charge in [0, 0.05) is 6.54 Å². The number of benzene rings is 1. The maximum absolute atomic E-state index is 13.7. The van der Waals surface area contributed by atoms with Crippen LogP contribution in [-0.2, 0) is 6.54 Å². The van der Waals surface area contributed by atoms with Gasteiger partial charge in [-0.05, 0) is 43.4 Å². The Kier molecular flexibility index (Phi) is 4.53. The number of rotatable bonds is 3. The molecule has 1 saturated carbocycles. The summed E-state index contributed by atoms with van der Waals surface area (Å²) in [4.78, 5) is 0. The molecule has 1 aliphatic carbocycles. The summed E-state index contributed by atoms with van der Waals surface area (Å²) >= 11 is 0. The zero-order valence-corrected chi connectivity index (χ0v) is 10.4. The van der Waals surface area contributed by atoms with Crippen LogP contribution in [0.1, 0.15) is 44.1 Å². The lowest BCUT2D eigenvalue weighted by molar-refractivity contribution is 0.167. The molecular formula is C14H19F2NO. The van der Waals surface area contributed by atoms with Gasteiger partial charge in [-0.1, -0.05) is 12.8 Å². The third kappa shape index (κ3) is 3.19. The largest absolute Gasteiger partial charge is 0.484 e. The van der Waals surface area contributed by atoms with Crippen molar-refractivity contribution < 1.29 is 13.5 Å². The Bertz CT molecular complexity index is 378. The molecule has 0 bridgehead atoms. The lowest BCUT2D eigenvalue weighted by Gasteiger charge is -2.18. The van der Waals surface area contributed by atoms with E-state index >= 15 is 0 Å². The summed E-state index contributed by atoms with van der Waals surface area (Å²) in [6.07, 6.45) is 6.16. The Morgan fingerprint density at radius 1 is 1.06 bits per heavy atom. The van der Waals surface area contributed by atoms with E-state index in [-0.39, 0.29) is 18.4 Å². The second kappa shape index (κ2) is 6.14. The zero-order valence-electron chi connectivity index (χ0n) is 10.4. The van der Waals surface area contributed by atoms with Crippen molar-refractivity contribution in [2.24, 2.45) is 5.73 Å². The number of ether oxygens (including phenoxy) is 1. The van der Waals surface area contributed by atoms with Gasteiger partial charge >= 0.3 is 0 Å². The Morgan fingerprint density at radius 2 is 1.61 bits per heavy atom. The molecule has 0 aromatic heterocycles. The molecule has 1 aliphatic rings. The van der Waals surface area contributed by atoms with Crippen LogP contribution in [0.2, 0.25) is 0 Å². The van der Waals surface area contributed by atoms with Gasteiger partial charge in [-0.3, -0.25) is 0 Å². The molecule has 0 unspecified atom stereocenters. The third-order valence-corrected chi connectivity index (χ3v) is 3.38. The number of halogens is 2. The van der Waals surface area contributed by atoms with Gasteiger partial charge in [0.05, 0.1) is 6.10 Å². The quantitative estimate of drug-likeness (QED) is 0.839. The first kappa shape index (κ1) is 13.3. The summed E-state index contributed by atoms with van der Waals surface area (Å²) in [6.45, 7) is 0.123. The topological polar surface area (TPSA) is 35.2 Å². The molecule has 100 valence electrons. The monoisotopic (exact) mass is 255 g/mol. The Morgan fingerprint density at radius 3 is 2.11 bits per heavy atom. The number of nitrogens with two attached hydrogens (primary N) is 1. The third-order valence-electron chi connectivity index (χ3n) is 3.38. The maximum atomic E-state index is 13.7. The highest BCUT2D eigenvalue weighted by molar-refractivity contribution is 5.31. The Hall–Kier alpha value is -1.16. The average molecular weight is 255 g/mol. The fourth-order valence-corrected chi connectivity index (χ4v) is 2.37. The molecule has 4 heteroatoms. The van der Waals surface area contributed by atoms with Crippen molar-refractivity contribution in [3.8, 4) is 5.75 Å². The first-order chi connectivity index (χ1) is 8.70. The van der Waals surface area contributed by atoms with E-state index in [4.69, 9.17) is 10.5 Å². The van der Waals surface area contributed by atoms with Crippen LogP contribution < -0.4 is 10.5 Å². The summed E-state index contributed by atoms with van der Waals surface area (Å²) in [7, 11) is 0. The van der Waals surface area contributed by atoms with Crippen molar-refractivity contribution in [1.29, 1.82) is 0 Å². The molecule has 0 radical (unpaired) electrons. The van der Waals surface area contributed by atoms with Gasteiger partial charge < -0.3 is 10.5 Å². The van der Waals surface area contributed by atoms with E-state index in [1.54, 1.807) is 0 Å². The van der Waals surface area contributed by atoms with Gasteiger partial charge in [0.1, 0.15) is 0 Å². The molecule has 1 aromatic rings. The van der Waals surface area contributed by atoms with Gasteiger partial charge in [-0.2, -0.15) is 0 Å². The molecule has 18 heavy (non-hydrogen) atoms. The second-order valence-corrected chi connectivity index (χ2v) is 4.82. The summed E-state index contributed by atoms with van der Waals surface area (Å²) in [5, 5.41) is 0. The fraction of sp³-hybridized carbons (Fsp3) is 0.571. The molecule has 0 spiro atoms. The highest BCUT2D eigenvalue weighted by Gasteiger charge is 2.19. The van der Waals surface area contributed by atoms with Gasteiger partial charge in [0.25, 0.3) is 0 Å². The predicted octanol–water partition coefficient (Wildman–Crippen LogP) is 3.53. The van der Waals surface area contributed by atoms with E-state index < -0.39 is 11.6 Å². The van der Waals surface area contributed by atoms with Crippen LogP contribution in [0, 0.1) is 11.6 Å². The highest BCUT2D eigenvalue weighted by atomic mass is 19.1. The molecule has 1 aromatic carbocycles. The van der Waals surface area contributed by atoms with E-state index in [0.29, 0.717) is 5.56 Å².